The number of benzene rings is 1. The van der Waals surface area contributed by atoms with Crippen molar-refractivity contribution in [3.8, 4) is 0 Å². The Morgan fingerprint density at radius 3 is 2.00 bits per heavy atom. The number of aliphatic carboxylic acids is 1. The van der Waals surface area contributed by atoms with E-state index < -0.39 is 53.8 Å². The molecular weight excluding hydrogens is 516 g/mol. The van der Waals surface area contributed by atoms with E-state index in [1.807, 2.05) is 52.0 Å². The molecule has 12 nitrogen and oxygen atoms in total. The number of aromatic nitrogens is 1. The van der Waals surface area contributed by atoms with Crippen LogP contribution in [0.25, 0.3) is 10.9 Å². The Morgan fingerprint density at radius 1 is 0.850 bits per heavy atom. The lowest BCUT2D eigenvalue weighted by Crippen LogP contribution is -2.57. The lowest BCUT2D eigenvalue weighted by molar-refractivity contribution is -0.143. The second-order valence-electron chi connectivity index (χ2n) is 11.0. The molecule has 4 unspecified atom stereocenters. The minimum absolute atomic E-state index is 0.00113. The standard InChI is InChI=1S/C28H42N6O6/c1-15(2)11-22(33-25(36)19(29)13-17-14-31-20-8-6-5-7-18(17)20)27(38)32-21(9-10-24(30)35)26(37)34-23(28(39)40)12-16(3)4/h5-8,14-16,19,21-23,31H,9-13,29H2,1-4H3,(H2,30,35)(H,32,38)(H,33,36)(H,34,37)(H,39,40). The fraction of sp³-hybridized carbons (Fsp3) is 0.536. The van der Waals surface area contributed by atoms with E-state index in [1.165, 1.54) is 0 Å². The molecule has 9 N–H and O–H groups in total. The Hall–Kier alpha value is -3.93. The van der Waals surface area contributed by atoms with Crippen LogP contribution in [0.15, 0.2) is 30.5 Å². The maximum Gasteiger partial charge on any atom is 0.326 e. The molecule has 0 saturated heterocycles. The van der Waals surface area contributed by atoms with E-state index in [9.17, 15) is 29.1 Å². The maximum atomic E-state index is 13.3. The summed E-state index contributed by atoms with van der Waals surface area (Å²) < 4.78 is 0. The van der Waals surface area contributed by atoms with Crippen molar-refractivity contribution in [2.24, 2.45) is 23.3 Å². The van der Waals surface area contributed by atoms with Crippen molar-refractivity contribution in [1.82, 2.24) is 20.9 Å². The van der Waals surface area contributed by atoms with E-state index in [2.05, 4.69) is 20.9 Å². The summed E-state index contributed by atoms with van der Waals surface area (Å²) in [4.78, 5) is 65.5. The van der Waals surface area contributed by atoms with Crippen LogP contribution in [0.2, 0.25) is 0 Å². The number of primary amides is 1. The van der Waals surface area contributed by atoms with Gasteiger partial charge in [0, 0.05) is 23.5 Å². The van der Waals surface area contributed by atoms with Crippen LogP contribution in [0.5, 0.6) is 0 Å². The van der Waals surface area contributed by atoms with E-state index in [0.29, 0.717) is 0 Å². The molecule has 4 amide bonds. The lowest BCUT2D eigenvalue weighted by atomic mass is 10.00. The quantitative estimate of drug-likeness (QED) is 0.158. The smallest absolute Gasteiger partial charge is 0.326 e. The molecule has 40 heavy (non-hydrogen) atoms. The van der Waals surface area contributed by atoms with E-state index in [4.69, 9.17) is 11.5 Å². The number of H-pyrrole nitrogens is 1. The van der Waals surface area contributed by atoms with E-state index >= 15 is 0 Å². The molecule has 0 bridgehead atoms. The number of amides is 4. The highest BCUT2D eigenvalue weighted by atomic mass is 16.4. The summed E-state index contributed by atoms with van der Waals surface area (Å²) >= 11 is 0. The highest BCUT2D eigenvalue weighted by Crippen LogP contribution is 2.19. The van der Waals surface area contributed by atoms with Gasteiger partial charge in [-0.1, -0.05) is 45.9 Å². The number of hydrogen-bond acceptors (Lipinski definition) is 6. The highest BCUT2D eigenvalue weighted by molar-refractivity contribution is 5.94. The number of carbonyl (C=O) groups is 5. The normalized spacial score (nSPS) is 14.4. The number of carbonyl (C=O) groups excluding carboxylic acids is 4. The lowest BCUT2D eigenvalue weighted by Gasteiger charge is -2.26. The van der Waals surface area contributed by atoms with Gasteiger partial charge in [-0.2, -0.15) is 0 Å². The van der Waals surface area contributed by atoms with Gasteiger partial charge in [-0.25, -0.2) is 4.79 Å². The molecule has 1 aromatic heterocycles. The van der Waals surface area contributed by atoms with Gasteiger partial charge in [0.25, 0.3) is 0 Å². The summed E-state index contributed by atoms with van der Waals surface area (Å²) in [5.41, 5.74) is 13.2. The molecule has 1 heterocycles. The minimum atomic E-state index is -1.24. The third kappa shape index (κ3) is 9.99. The van der Waals surface area contributed by atoms with Gasteiger partial charge in [0.15, 0.2) is 0 Å². The monoisotopic (exact) mass is 558 g/mol. The summed E-state index contributed by atoms with van der Waals surface area (Å²) in [6, 6.07) is 3.26. The molecular formula is C28H42N6O6. The van der Waals surface area contributed by atoms with Gasteiger partial charge in [-0.3, -0.25) is 19.2 Å². The molecule has 0 radical (unpaired) electrons. The Kier molecular flexibility index (Phi) is 12.1. The third-order valence-corrected chi connectivity index (χ3v) is 6.43. The molecule has 1 aromatic carbocycles. The average molecular weight is 559 g/mol. The number of para-hydroxylation sites is 1. The first-order valence-electron chi connectivity index (χ1n) is 13.5. The largest absolute Gasteiger partial charge is 0.480 e. The van der Waals surface area contributed by atoms with Crippen molar-refractivity contribution in [3.63, 3.8) is 0 Å². The van der Waals surface area contributed by atoms with Crippen molar-refractivity contribution < 1.29 is 29.1 Å². The molecule has 0 spiro atoms. The number of fused-ring (bicyclic) bond motifs is 1. The van der Waals surface area contributed by atoms with Gasteiger partial charge in [-0.05, 0) is 49.1 Å². The molecule has 4 atom stereocenters. The van der Waals surface area contributed by atoms with Crippen LogP contribution in [0, 0.1) is 11.8 Å². The molecule has 2 aromatic rings. The van der Waals surface area contributed by atoms with Crippen molar-refractivity contribution in [3.05, 3.63) is 36.0 Å². The molecule has 220 valence electrons. The zero-order valence-electron chi connectivity index (χ0n) is 23.5. The van der Waals surface area contributed by atoms with Crippen LogP contribution in [-0.2, 0) is 30.4 Å². The van der Waals surface area contributed by atoms with Crippen LogP contribution in [0.4, 0.5) is 0 Å². The molecule has 12 heteroatoms. The number of aromatic amines is 1. The zero-order valence-corrected chi connectivity index (χ0v) is 23.5. The predicted molar refractivity (Wildman–Crippen MR) is 151 cm³/mol. The molecule has 0 aliphatic carbocycles. The number of rotatable bonds is 16. The van der Waals surface area contributed by atoms with Gasteiger partial charge in [-0.15, -0.1) is 0 Å². The summed E-state index contributed by atoms with van der Waals surface area (Å²) in [5.74, 6) is -3.85. The Morgan fingerprint density at radius 2 is 1.40 bits per heavy atom. The van der Waals surface area contributed by atoms with Crippen LogP contribution in [0.3, 0.4) is 0 Å². The molecule has 0 aliphatic heterocycles. The van der Waals surface area contributed by atoms with Gasteiger partial charge in [0.2, 0.25) is 23.6 Å². The van der Waals surface area contributed by atoms with E-state index in [-0.39, 0.29) is 43.9 Å². The van der Waals surface area contributed by atoms with Crippen LogP contribution in [0.1, 0.15) is 58.9 Å². The Labute approximate surface area is 234 Å². The number of nitrogens with two attached hydrogens (primary N) is 2. The summed E-state index contributed by atoms with van der Waals surface area (Å²) in [5, 5.41) is 18.2. The summed E-state index contributed by atoms with van der Waals surface area (Å²) in [6.45, 7) is 7.38. The molecule has 0 aliphatic rings. The van der Waals surface area contributed by atoms with Gasteiger partial charge >= 0.3 is 5.97 Å². The first-order chi connectivity index (χ1) is 18.8. The first-order valence-corrected chi connectivity index (χ1v) is 13.5. The predicted octanol–water partition coefficient (Wildman–Crippen LogP) is 0.934. The van der Waals surface area contributed by atoms with Crippen molar-refractivity contribution >= 4 is 40.5 Å². The number of hydrogen-bond donors (Lipinski definition) is 7. The van der Waals surface area contributed by atoms with Crippen LogP contribution >= 0.6 is 0 Å². The van der Waals surface area contributed by atoms with Crippen molar-refractivity contribution in [1.29, 1.82) is 0 Å². The fourth-order valence-electron chi connectivity index (χ4n) is 4.40. The zero-order chi connectivity index (χ0) is 30.0. The van der Waals surface area contributed by atoms with Gasteiger partial charge in [0.1, 0.15) is 18.1 Å². The molecule has 2 rings (SSSR count). The second-order valence-corrected chi connectivity index (χ2v) is 11.0. The fourth-order valence-corrected chi connectivity index (χ4v) is 4.40. The van der Waals surface area contributed by atoms with Gasteiger partial charge in [0.05, 0.1) is 6.04 Å². The maximum absolute atomic E-state index is 13.3. The van der Waals surface area contributed by atoms with Crippen LogP contribution in [-0.4, -0.2) is 63.9 Å². The van der Waals surface area contributed by atoms with Crippen LogP contribution < -0.4 is 27.4 Å². The second kappa shape index (κ2) is 15.0. The average Bonchev–Trinajstić information content (AvgIpc) is 3.27. The Bertz CT molecular complexity index is 1190. The SMILES string of the molecule is CC(C)CC(NC(=O)C(CCC(N)=O)NC(=O)C(CC(C)C)NC(=O)C(N)Cc1c[nH]c2ccccc12)C(=O)O. The molecule has 0 saturated carbocycles. The third-order valence-electron chi connectivity index (χ3n) is 6.43. The topological polar surface area (TPSA) is 209 Å². The number of carboxylic acids is 1. The first kappa shape index (κ1) is 32.3. The summed E-state index contributed by atoms with van der Waals surface area (Å²) in [7, 11) is 0. The number of nitrogens with one attached hydrogen (secondary N) is 4. The highest BCUT2D eigenvalue weighted by Gasteiger charge is 2.31. The minimum Gasteiger partial charge on any atom is -0.480 e. The summed E-state index contributed by atoms with van der Waals surface area (Å²) in [6.07, 6.45) is 2.12. The Balaban J connectivity index is 2.15. The molecule has 0 fully saturated rings. The van der Waals surface area contributed by atoms with Crippen molar-refractivity contribution in [2.75, 3.05) is 0 Å². The van der Waals surface area contributed by atoms with E-state index in [1.54, 1.807) is 6.20 Å². The van der Waals surface area contributed by atoms with E-state index in [0.717, 1.165) is 16.5 Å². The van der Waals surface area contributed by atoms with Gasteiger partial charge < -0.3 is 37.5 Å². The number of carboxylic acid groups (broad SMARTS) is 1. The van der Waals surface area contributed by atoms with Crippen molar-refractivity contribution in [2.45, 2.75) is 84.0 Å².